The van der Waals surface area contributed by atoms with Gasteiger partial charge in [0.1, 0.15) is 0 Å². The monoisotopic (exact) mass is 658 g/mol. The van der Waals surface area contributed by atoms with Crippen LogP contribution in [0.25, 0.3) is 98.7 Å². The van der Waals surface area contributed by atoms with E-state index >= 15 is 0 Å². The summed E-state index contributed by atoms with van der Waals surface area (Å²) in [4.78, 5) is 0. The van der Waals surface area contributed by atoms with Crippen LogP contribution in [-0.2, 0) is 0 Å². The summed E-state index contributed by atoms with van der Waals surface area (Å²) in [5.41, 5.74) is 12.4. The molecule has 52 heavy (non-hydrogen) atoms. The molecule has 10 rings (SSSR count). The lowest BCUT2D eigenvalue weighted by molar-refractivity contribution is 1.59. The highest BCUT2D eigenvalue weighted by molar-refractivity contribution is 6.22. The number of hydrogen-bond donors (Lipinski definition) is 0. The Morgan fingerprint density at radius 1 is 0.192 bits per heavy atom. The Hall–Kier alpha value is -6.76. The molecule has 0 aliphatic rings. The molecule has 10 aromatic carbocycles. The molecule has 0 nitrogen and oxygen atoms in total. The Kier molecular flexibility index (Phi) is 7.25. The van der Waals surface area contributed by atoms with Gasteiger partial charge in [-0.1, -0.05) is 194 Å². The zero-order chi connectivity index (χ0) is 34.4. The average Bonchev–Trinajstić information content (AvgIpc) is 3.23. The van der Waals surface area contributed by atoms with Crippen molar-refractivity contribution in [2.24, 2.45) is 0 Å². The topological polar surface area (TPSA) is 0 Å². The predicted molar refractivity (Wildman–Crippen MR) is 224 cm³/mol. The van der Waals surface area contributed by atoms with Crippen molar-refractivity contribution in [3.8, 4) is 55.6 Å². The van der Waals surface area contributed by atoms with Crippen LogP contribution in [0.2, 0.25) is 0 Å². The van der Waals surface area contributed by atoms with Gasteiger partial charge in [-0.15, -0.1) is 0 Å². The zero-order valence-corrected chi connectivity index (χ0v) is 28.6. The van der Waals surface area contributed by atoms with Gasteiger partial charge in [-0.25, -0.2) is 0 Å². The summed E-state index contributed by atoms with van der Waals surface area (Å²) >= 11 is 0. The smallest absolute Gasteiger partial charge is 0.00262 e. The molecule has 0 heteroatoms. The zero-order valence-electron chi connectivity index (χ0n) is 28.6. The first-order chi connectivity index (χ1) is 25.8. The SMILES string of the molecule is c1ccc(-c2ccc(-c3ccc(-c4c5ccccc5c(-c5ccccc5)c5cc(-c6cc7ccccc7c7ccccc67)ccc45)cc3)cc2)cc1. The molecule has 0 atom stereocenters. The molecule has 0 heterocycles. The lowest BCUT2D eigenvalue weighted by Gasteiger charge is -2.19. The second-order valence-corrected chi connectivity index (χ2v) is 13.6. The first-order valence-corrected chi connectivity index (χ1v) is 18.0. The summed E-state index contributed by atoms with van der Waals surface area (Å²) in [6.07, 6.45) is 0. The van der Waals surface area contributed by atoms with Gasteiger partial charge in [-0.3, -0.25) is 0 Å². The van der Waals surface area contributed by atoms with Gasteiger partial charge < -0.3 is 0 Å². The van der Waals surface area contributed by atoms with Crippen LogP contribution in [0.5, 0.6) is 0 Å². The molecular weight excluding hydrogens is 625 g/mol. The van der Waals surface area contributed by atoms with Crippen molar-refractivity contribution >= 4 is 43.1 Å². The predicted octanol–water partition coefficient (Wildman–Crippen LogP) is 14.6. The van der Waals surface area contributed by atoms with Crippen LogP contribution in [0.1, 0.15) is 0 Å². The number of rotatable bonds is 5. The van der Waals surface area contributed by atoms with Crippen molar-refractivity contribution in [1.82, 2.24) is 0 Å². The van der Waals surface area contributed by atoms with Gasteiger partial charge >= 0.3 is 0 Å². The summed E-state index contributed by atoms with van der Waals surface area (Å²) < 4.78 is 0. The molecule has 0 unspecified atom stereocenters. The first kappa shape index (κ1) is 30.1. The normalized spacial score (nSPS) is 11.5. The summed E-state index contributed by atoms with van der Waals surface area (Å²) in [5, 5.41) is 10.1. The molecule has 0 spiro atoms. The summed E-state index contributed by atoms with van der Waals surface area (Å²) in [6, 6.07) is 75.5. The van der Waals surface area contributed by atoms with E-state index in [4.69, 9.17) is 0 Å². The molecule has 242 valence electrons. The lowest BCUT2D eigenvalue weighted by Crippen LogP contribution is -1.92. The fraction of sp³-hybridized carbons (Fsp3) is 0. The molecule has 0 aliphatic carbocycles. The standard InChI is InChI=1S/C52H34/c1-3-13-35(14-4-1)36-23-25-37(26-24-36)38-27-29-40(30-28-38)51-46-21-11-12-22-47(46)52(39-15-5-2-6-16-39)50-34-42(31-32-48(50)51)49-33-41-17-7-8-18-43(41)44-19-9-10-20-45(44)49/h1-34H. The van der Waals surface area contributed by atoms with E-state index in [9.17, 15) is 0 Å². The van der Waals surface area contributed by atoms with Gasteiger partial charge in [0.25, 0.3) is 0 Å². The van der Waals surface area contributed by atoms with Gasteiger partial charge in [0, 0.05) is 0 Å². The van der Waals surface area contributed by atoms with Crippen LogP contribution in [0.3, 0.4) is 0 Å². The first-order valence-electron chi connectivity index (χ1n) is 18.0. The second kappa shape index (κ2) is 12.5. The maximum atomic E-state index is 2.44. The van der Waals surface area contributed by atoms with Crippen LogP contribution in [0.4, 0.5) is 0 Å². The Balaban J connectivity index is 1.18. The highest BCUT2D eigenvalue weighted by Crippen LogP contribution is 2.46. The van der Waals surface area contributed by atoms with E-state index in [0.717, 1.165) is 0 Å². The third kappa shape index (κ3) is 5.08. The number of hydrogen-bond acceptors (Lipinski definition) is 0. The Labute approximate surface area is 303 Å². The van der Waals surface area contributed by atoms with Crippen LogP contribution in [-0.4, -0.2) is 0 Å². The van der Waals surface area contributed by atoms with Crippen molar-refractivity contribution in [3.63, 3.8) is 0 Å². The minimum absolute atomic E-state index is 1.21. The van der Waals surface area contributed by atoms with Crippen molar-refractivity contribution in [3.05, 3.63) is 206 Å². The maximum absolute atomic E-state index is 2.44. The fourth-order valence-corrected chi connectivity index (χ4v) is 8.18. The van der Waals surface area contributed by atoms with Crippen molar-refractivity contribution < 1.29 is 0 Å². The molecule has 10 aromatic rings. The molecule has 0 fully saturated rings. The summed E-state index contributed by atoms with van der Waals surface area (Å²) in [6.45, 7) is 0. The highest BCUT2D eigenvalue weighted by Gasteiger charge is 2.18. The average molecular weight is 659 g/mol. The molecule has 0 N–H and O–H groups in total. The van der Waals surface area contributed by atoms with Gasteiger partial charge in [0.05, 0.1) is 0 Å². The third-order valence-corrected chi connectivity index (χ3v) is 10.7. The molecule has 0 aliphatic heterocycles. The van der Waals surface area contributed by atoms with Gasteiger partial charge in [-0.2, -0.15) is 0 Å². The Morgan fingerprint density at radius 2 is 0.577 bits per heavy atom. The molecule has 0 saturated heterocycles. The largest absolute Gasteiger partial charge is 0.0622 e. The third-order valence-electron chi connectivity index (χ3n) is 10.7. The summed E-state index contributed by atoms with van der Waals surface area (Å²) in [7, 11) is 0. The van der Waals surface area contributed by atoms with Crippen LogP contribution in [0, 0.1) is 0 Å². The maximum Gasteiger partial charge on any atom is -0.00262 e. The van der Waals surface area contributed by atoms with Crippen LogP contribution < -0.4 is 0 Å². The second-order valence-electron chi connectivity index (χ2n) is 13.6. The van der Waals surface area contributed by atoms with Gasteiger partial charge in [-0.05, 0) is 111 Å². The van der Waals surface area contributed by atoms with E-state index in [1.165, 1.54) is 98.7 Å². The van der Waals surface area contributed by atoms with Crippen LogP contribution >= 0.6 is 0 Å². The fourth-order valence-electron chi connectivity index (χ4n) is 8.18. The molecule has 0 aromatic heterocycles. The summed E-state index contributed by atoms with van der Waals surface area (Å²) in [5.74, 6) is 0. The van der Waals surface area contributed by atoms with E-state index < -0.39 is 0 Å². The van der Waals surface area contributed by atoms with Crippen LogP contribution in [0.15, 0.2) is 206 Å². The van der Waals surface area contributed by atoms with E-state index in [1.54, 1.807) is 0 Å². The van der Waals surface area contributed by atoms with E-state index in [2.05, 4.69) is 206 Å². The van der Waals surface area contributed by atoms with E-state index in [-0.39, 0.29) is 0 Å². The highest BCUT2D eigenvalue weighted by atomic mass is 14.2. The van der Waals surface area contributed by atoms with Crippen molar-refractivity contribution in [1.29, 1.82) is 0 Å². The van der Waals surface area contributed by atoms with E-state index in [0.29, 0.717) is 0 Å². The molecule has 0 amide bonds. The minimum Gasteiger partial charge on any atom is -0.0622 e. The molecule has 0 radical (unpaired) electrons. The molecular formula is C52H34. The molecule has 0 bridgehead atoms. The van der Waals surface area contributed by atoms with Crippen molar-refractivity contribution in [2.45, 2.75) is 0 Å². The Bertz CT molecular complexity index is 2900. The lowest BCUT2D eigenvalue weighted by atomic mass is 9.84. The molecule has 0 saturated carbocycles. The number of benzene rings is 10. The van der Waals surface area contributed by atoms with Gasteiger partial charge in [0.15, 0.2) is 0 Å². The van der Waals surface area contributed by atoms with Crippen molar-refractivity contribution in [2.75, 3.05) is 0 Å². The van der Waals surface area contributed by atoms with Gasteiger partial charge in [0.2, 0.25) is 0 Å². The minimum atomic E-state index is 1.21. The van der Waals surface area contributed by atoms with E-state index in [1.807, 2.05) is 0 Å². The quantitative estimate of drug-likeness (QED) is 0.128. The number of fused-ring (bicyclic) bond motifs is 5. The Morgan fingerprint density at radius 3 is 1.19 bits per heavy atom.